The van der Waals surface area contributed by atoms with Crippen molar-refractivity contribution in [3.8, 4) is 0 Å². The molecular formula is C29H31ClN2S. The number of hydrogen-bond acceptors (Lipinski definition) is 3. The lowest BCUT2D eigenvalue weighted by Crippen LogP contribution is -2.63. The van der Waals surface area contributed by atoms with Crippen molar-refractivity contribution < 1.29 is 0 Å². The standard InChI is InChI=1S/C29H31ClN2S/c30-25-14-8-7-13-22(25)17-31-26-16-23-15-24-18-33-19-27(23)32(24)29(26)28(20-9-3-1-4-10-20)21-11-5-2-6-12-21/h1-14,23-24,26-29,31H,15-19H2. The van der Waals surface area contributed by atoms with Gasteiger partial charge in [-0.3, -0.25) is 4.90 Å². The predicted molar refractivity (Wildman–Crippen MR) is 140 cm³/mol. The lowest BCUT2D eigenvalue weighted by molar-refractivity contribution is 0.0532. The first-order valence-corrected chi connectivity index (χ1v) is 13.7. The molecule has 0 saturated carbocycles. The third kappa shape index (κ3) is 4.14. The highest BCUT2D eigenvalue weighted by molar-refractivity contribution is 7.99. The van der Waals surface area contributed by atoms with E-state index in [0.717, 1.165) is 17.5 Å². The largest absolute Gasteiger partial charge is 0.308 e. The van der Waals surface area contributed by atoms with E-state index >= 15 is 0 Å². The van der Waals surface area contributed by atoms with Gasteiger partial charge in [-0.25, -0.2) is 0 Å². The van der Waals surface area contributed by atoms with E-state index in [-0.39, 0.29) is 0 Å². The van der Waals surface area contributed by atoms with Crippen LogP contribution >= 0.6 is 23.4 Å². The Hall–Kier alpha value is -1.78. The van der Waals surface area contributed by atoms with Crippen molar-refractivity contribution in [2.24, 2.45) is 5.92 Å². The summed E-state index contributed by atoms with van der Waals surface area (Å²) >= 11 is 8.70. The van der Waals surface area contributed by atoms with Gasteiger partial charge in [0.05, 0.1) is 0 Å². The lowest BCUT2D eigenvalue weighted by Gasteiger charge is -2.51. The van der Waals surface area contributed by atoms with Crippen molar-refractivity contribution in [2.45, 2.75) is 49.5 Å². The first-order chi connectivity index (χ1) is 16.3. The Morgan fingerprint density at radius 2 is 1.52 bits per heavy atom. The molecule has 3 saturated heterocycles. The third-order valence-corrected chi connectivity index (χ3v) is 9.57. The second-order valence-corrected chi connectivity index (χ2v) is 11.3. The molecule has 0 aliphatic carbocycles. The topological polar surface area (TPSA) is 15.3 Å². The minimum Gasteiger partial charge on any atom is -0.308 e. The Labute approximate surface area is 206 Å². The number of halogens is 1. The monoisotopic (exact) mass is 474 g/mol. The maximum atomic E-state index is 6.53. The van der Waals surface area contributed by atoms with Crippen LogP contribution in [0.5, 0.6) is 0 Å². The van der Waals surface area contributed by atoms with Crippen LogP contribution in [0.1, 0.15) is 35.4 Å². The fraction of sp³-hybridized carbons (Fsp3) is 0.379. The Morgan fingerprint density at radius 3 is 2.21 bits per heavy atom. The molecule has 2 nitrogen and oxygen atoms in total. The molecule has 3 fully saturated rings. The quantitative estimate of drug-likeness (QED) is 0.457. The van der Waals surface area contributed by atoms with Gasteiger partial charge in [0.15, 0.2) is 0 Å². The summed E-state index contributed by atoms with van der Waals surface area (Å²) in [5, 5.41) is 4.86. The zero-order valence-corrected chi connectivity index (χ0v) is 20.4. The van der Waals surface area contributed by atoms with Crippen molar-refractivity contribution >= 4 is 23.4 Å². The molecule has 1 N–H and O–H groups in total. The molecule has 170 valence electrons. The molecule has 3 aromatic rings. The summed E-state index contributed by atoms with van der Waals surface area (Å²) in [4.78, 5) is 2.94. The predicted octanol–water partition coefficient (Wildman–Crippen LogP) is 6.21. The van der Waals surface area contributed by atoms with E-state index in [4.69, 9.17) is 11.6 Å². The van der Waals surface area contributed by atoms with Gasteiger partial charge in [-0.15, -0.1) is 0 Å². The van der Waals surface area contributed by atoms with E-state index in [1.165, 1.54) is 41.0 Å². The van der Waals surface area contributed by atoms with Gasteiger partial charge in [0.2, 0.25) is 0 Å². The van der Waals surface area contributed by atoms with Crippen LogP contribution in [0.15, 0.2) is 84.9 Å². The number of thioether (sulfide) groups is 1. The number of nitrogens with one attached hydrogen (secondary N) is 1. The molecule has 4 bridgehead atoms. The molecular weight excluding hydrogens is 444 g/mol. The van der Waals surface area contributed by atoms with Crippen LogP contribution in [-0.4, -0.2) is 40.6 Å². The van der Waals surface area contributed by atoms with Crippen LogP contribution in [0.2, 0.25) is 5.02 Å². The number of rotatable bonds is 6. The average Bonchev–Trinajstić information content (AvgIpc) is 2.99. The van der Waals surface area contributed by atoms with Gasteiger partial charge in [-0.05, 0) is 41.5 Å². The van der Waals surface area contributed by atoms with Gasteiger partial charge in [0.1, 0.15) is 0 Å². The summed E-state index contributed by atoms with van der Waals surface area (Å²) in [5.74, 6) is 3.71. The van der Waals surface area contributed by atoms with E-state index in [9.17, 15) is 0 Å². The molecule has 0 amide bonds. The number of hydrogen-bond donors (Lipinski definition) is 1. The van der Waals surface area contributed by atoms with Crippen LogP contribution in [0.3, 0.4) is 0 Å². The molecule has 0 aromatic heterocycles. The minimum absolute atomic E-state index is 0.350. The van der Waals surface area contributed by atoms with E-state index in [0.29, 0.717) is 30.1 Å². The summed E-state index contributed by atoms with van der Waals surface area (Å²) in [6.07, 6.45) is 2.61. The van der Waals surface area contributed by atoms with Crippen LogP contribution < -0.4 is 5.32 Å². The van der Waals surface area contributed by atoms with Gasteiger partial charge in [0.25, 0.3) is 0 Å². The first-order valence-electron chi connectivity index (χ1n) is 12.2. The number of piperidine rings is 1. The Kier molecular flexibility index (Phi) is 6.23. The van der Waals surface area contributed by atoms with Gasteiger partial charge in [0, 0.05) is 53.2 Å². The van der Waals surface area contributed by atoms with Crippen molar-refractivity contribution in [1.29, 1.82) is 0 Å². The molecule has 3 aliphatic heterocycles. The van der Waals surface area contributed by atoms with Crippen molar-refractivity contribution in [3.63, 3.8) is 0 Å². The molecule has 6 rings (SSSR count). The first kappa shape index (κ1) is 21.7. The fourth-order valence-corrected chi connectivity index (χ4v) is 8.24. The molecule has 4 heteroatoms. The van der Waals surface area contributed by atoms with Crippen molar-refractivity contribution in [2.75, 3.05) is 11.5 Å². The minimum atomic E-state index is 0.350. The van der Waals surface area contributed by atoms with Crippen molar-refractivity contribution in [3.05, 3.63) is 107 Å². The molecule has 6 unspecified atom stereocenters. The van der Waals surface area contributed by atoms with Crippen LogP contribution in [0, 0.1) is 5.92 Å². The molecule has 0 spiro atoms. The van der Waals surface area contributed by atoms with Gasteiger partial charge in [-0.2, -0.15) is 11.8 Å². The molecule has 0 radical (unpaired) electrons. The summed E-state index contributed by atoms with van der Waals surface area (Å²) < 4.78 is 0. The molecule has 33 heavy (non-hydrogen) atoms. The summed E-state index contributed by atoms with van der Waals surface area (Å²) in [7, 11) is 0. The summed E-state index contributed by atoms with van der Waals surface area (Å²) in [5.41, 5.74) is 4.04. The highest BCUT2D eigenvalue weighted by Gasteiger charge is 2.55. The molecule has 3 aromatic carbocycles. The van der Waals surface area contributed by atoms with Gasteiger partial charge in [-0.1, -0.05) is 90.5 Å². The molecule has 3 heterocycles. The van der Waals surface area contributed by atoms with Crippen molar-refractivity contribution in [1.82, 2.24) is 10.2 Å². The summed E-state index contributed by atoms with van der Waals surface area (Å²) in [6, 6.07) is 32.9. The van der Waals surface area contributed by atoms with Crippen LogP contribution in [0.4, 0.5) is 0 Å². The van der Waals surface area contributed by atoms with Gasteiger partial charge < -0.3 is 5.32 Å². The average molecular weight is 475 g/mol. The second-order valence-electron chi connectivity index (χ2n) is 9.81. The van der Waals surface area contributed by atoms with E-state index in [1.807, 2.05) is 12.1 Å². The normalized spacial score (nSPS) is 30.5. The van der Waals surface area contributed by atoms with Gasteiger partial charge >= 0.3 is 0 Å². The lowest BCUT2D eigenvalue weighted by atomic mass is 9.75. The highest BCUT2D eigenvalue weighted by Crippen LogP contribution is 2.50. The second kappa shape index (κ2) is 9.46. The van der Waals surface area contributed by atoms with Crippen LogP contribution in [-0.2, 0) is 6.54 Å². The van der Waals surface area contributed by atoms with Crippen LogP contribution in [0.25, 0.3) is 0 Å². The Bertz CT molecular complexity index is 1040. The molecule has 6 atom stereocenters. The highest BCUT2D eigenvalue weighted by atomic mass is 35.5. The molecule has 3 aliphatic rings. The number of benzene rings is 3. The zero-order chi connectivity index (χ0) is 22.2. The summed E-state index contributed by atoms with van der Waals surface area (Å²) in [6.45, 7) is 0.821. The maximum absolute atomic E-state index is 6.53. The number of nitrogens with zero attached hydrogens (tertiary/aromatic N) is 1. The fourth-order valence-electron chi connectivity index (χ4n) is 6.63. The van der Waals surface area contributed by atoms with E-state index < -0.39 is 0 Å². The third-order valence-electron chi connectivity index (χ3n) is 8.01. The SMILES string of the molecule is Clc1ccccc1CNC1CC2CC3CSCC2N3C1C(c1ccccc1)c1ccccc1. The Morgan fingerprint density at radius 1 is 0.848 bits per heavy atom. The maximum Gasteiger partial charge on any atom is 0.0450 e. The zero-order valence-electron chi connectivity index (χ0n) is 18.8. The van der Waals surface area contributed by atoms with E-state index in [1.54, 1.807) is 0 Å². The smallest absolute Gasteiger partial charge is 0.0450 e. The van der Waals surface area contributed by atoms with E-state index in [2.05, 4.69) is 94.8 Å². The Balaban J connectivity index is 1.40.